The highest BCUT2D eigenvalue weighted by molar-refractivity contribution is 8.00. The highest BCUT2D eigenvalue weighted by Crippen LogP contribution is 2.32. The SMILES string of the molecule is O=C(Nc1nnc(SCc2ccc(C(F)(F)F)cc2)s1)C1CCCC1. The van der Waals surface area contributed by atoms with Crippen LogP contribution < -0.4 is 5.32 Å². The minimum absolute atomic E-state index is 0.00654. The molecule has 0 atom stereocenters. The summed E-state index contributed by atoms with van der Waals surface area (Å²) in [6.45, 7) is 0. The third-order valence-corrected chi connectivity index (χ3v) is 6.05. The lowest BCUT2D eigenvalue weighted by Gasteiger charge is -2.07. The number of amides is 1. The quantitative estimate of drug-likeness (QED) is 0.581. The van der Waals surface area contributed by atoms with Crippen LogP contribution in [-0.2, 0) is 16.7 Å². The maximum atomic E-state index is 12.5. The Bertz CT molecular complexity index is 725. The molecule has 134 valence electrons. The highest BCUT2D eigenvalue weighted by Gasteiger charge is 2.30. The van der Waals surface area contributed by atoms with Gasteiger partial charge >= 0.3 is 6.18 Å². The van der Waals surface area contributed by atoms with Crippen LogP contribution in [0, 0.1) is 5.92 Å². The second-order valence-electron chi connectivity index (χ2n) is 5.83. The number of anilines is 1. The largest absolute Gasteiger partial charge is 0.416 e. The van der Waals surface area contributed by atoms with Gasteiger partial charge in [-0.3, -0.25) is 4.79 Å². The number of nitrogens with one attached hydrogen (secondary N) is 1. The second kappa shape index (κ2) is 7.74. The van der Waals surface area contributed by atoms with Crippen LogP contribution >= 0.6 is 23.1 Å². The van der Waals surface area contributed by atoms with Crippen LogP contribution in [0.15, 0.2) is 28.6 Å². The minimum atomic E-state index is -4.32. The first-order valence-electron chi connectivity index (χ1n) is 7.85. The lowest BCUT2D eigenvalue weighted by Crippen LogP contribution is -2.20. The minimum Gasteiger partial charge on any atom is -0.300 e. The van der Waals surface area contributed by atoms with E-state index in [4.69, 9.17) is 0 Å². The third kappa shape index (κ3) is 4.94. The number of nitrogens with zero attached hydrogens (tertiary/aromatic N) is 2. The van der Waals surface area contributed by atoms with Gasteiger partial charge in [-0.2, -0.15) is 13.2 Å². The van der Waals surface area contributed by atoms with E-state index in [9.17, 15) is 18.0 Å². The summed E-state index contributed by atoms with van der Waals surface area (Å²) >= 11 is 2.65. The van der Waals surface area contributed by atoms with Crippen molar-refractivity contribution in [2.75, 3.05) is 5.32 Å². The van der Waals surface area contributed by atoms with Crippen molar-refractivity contribution in [2.24, 2.45) is 5.92 Å². The lowest BCUT2D eigenvalue weighted by atomic mass is 10.1. The Morgan fingerprint density at radius 3 is 2.52 bits per heavy atom. The van der Waals surface area contributed by atoms with Crippen LogP contribution in [0.4, 0.5) is 18.3 Å². The molecular weight excluding hydrogens is 371 g/mol. The van der Waals surface area contributed by atoms with Crippen molar-refractivity contribution in [3.05, 3.63) is 35.4 Å². The third-order valence-electron chi connectivity index (χ3n) is 4.01. The summed E-state index contributed by atoms with van der Waals surface area (Å²) in [4.78, 5) is 12.0. The Labute approximate surface area is 151 Å². The number of carbonyl (C=O) groups excluding carboxylic acids is 1. The zero-order chi connectivity index (χ0) is 17.9. The first kappa shape index (κ1) is 18.2. The number of carbonyl (C=O) groups is 1. The highest BCUT2D eigenvalue weighted by atomic mass is 32.2. The van der Waals surface area contributed by atoms with E-state index in [0.717, 1.165) is 43.4 Å². The molecule has 1 amide bonds. The fraction of sp³-hybridized carbons (Fsp3) is 0.438. The second-order valence-corrected chi connectivity index (χ2v) is 8.03. The molecule has 1 aliphatic carbocycles. The number of halogens is 3. The molecule has 0 radical (unpaired) electrons. The summed E-state index contributed by atoms with van der Waals surface area (Å²) in [6.07, 6.45) is -0.317. The van der Waals surface area contributed by atoms with Crippen LogP contribution in [0.3, 0.4) is 0 Å². The van der Waals surface area contributed by atoms with Crippen molar-refractivity contribution in [3.63, 3.8) is 0 Å². The summed E-state index contributed by atoms with van der Waals surface area (Å²) < 4.78 is 38.3. The van der Waals surface area contributed by atoms with E-state index in [0.29, 0.717) is 15.2 Å². The Morgan fingerprint density at radius 2 is 1.88 bits per heavy atom. The van der Waals surface area contributed by atoms with Crippen LogP contribution in [0.1, 0.15) is 36.8 Å². The number of aromatic nitrogens is 2. The molecule has 0 saturated heterocycles. The lowest BCUT2D eigenvalue weighted by molar-refractivity contribution is -0.137. The topological polar surface area (TPSA) is 54.9 Å². The van der Waals surface area contributed by atoms with Crippen molar-refractivity contribution >= 4 is 34.1 Å². The molecule has 4 nitrogen and oxygen atoms in total. The molecule has 1 saturated carbocycles. The zero-order valence-electron chi connectivity index (χ0n) is 13.2. The van der Waals surface area contributed by atoms with Crippen LogP contribution in [0.25, 0.3) is 0 Å². The van der Waals surface area contributed by atoms with Crippen molar-refractivity contribution in [1.82, 2.24) is 10.2 Å². The van der Waals surface area contributed by atoms with Gasteiger partial charge in [-0.25, -0.2) is 0 Å². The smallest absolute Gasteiger partial charge is 0.300 e. The van der Waals surface area contributed by atoms with E-state index in [-0.39, 0.29) is 11.8 Å². The Balaban J connectivity index is 1.52. The number of rotatable bonds is 5. The van der Waals surface area contributed by atoms with Gasteiger partial charge in [-0.15, -0.1) is 10.2 Å². The van der Waals surface area contributed by atoms with E-state index in [1.54, 1.807) is 0 Å². The molecule has 0 bridgehead atoms. The maximum absolute atomic E-state index is 12.5. The van der Waals surface area contributed by atoms with Gasteiger partial charge in [-0.05, 0) is 30.5 Å². The van der Waals surface area contributed by atoms with Crippen molar-refractivity contribution in [1.29, 1.82) is 0 Å². The van der Waals surface area contributed by atoms with Gasteiger partial charge < -0.3 is 5.32 Å². The zero-order valence-corrected chi connectivity index (χ0v) is 14.8. The molecule has 2 aromatic rings. The predicted molar refractivity (Wildman–Crippen MR) is 91.5 cm³/mol. The van der Waals surface area contributed by atoms with Crippen molar-refractivity contribution < 1.29 is 18.0 Å². The van der Waals surface area contributed by atoms with Gasteiger partial charge in [0, 0.05) is 11.7 Å². The molecular formula is C16H16F3N3OS2. The van der Waals surface area contributed by atoms with Crippen LogP contribution in [0.5, 0.6) is 0 Å². The number of thioether (sulfide) groups is 1. The number of benzene rings is 1. The Kier molecular flexibility index (Phi) is 5.63. The fourth-order valence-corrected chi connectivity index (χ4v) is 4.36. The van der Waals surface area contributed by atoms with E-state index >= 15 is 0 Å². The standard InChI is InChI=1S/C16H16F3N3OS2/c17-16(18,19)12-7-5-10(6-8-12)9-24-15-22-21-14(25-15)20-13(23)11-3-1-2-4-11/h5-8,11H,1-4,9H2,(H,20,21,23). The molecule has 0 aliphatic heterocycles. The summed E-state index contributed by atoms with van der Waals surface area (Å²) in [5, 5.41) is 11.2. The van der Waals surface area contributed by atoms with Gasteiger partial charge in [0.1, 0.15) is 0 Å². The van der Waals surface area contributed by atoms with E-state index in [2.05, 4.69) is 15.5 Å². The van der Waals surface area contributed by atoms with Crippen molar-refractivity contribution in [3.8, 4) is 0 Å². The molecule has 1 fully saturated rings. The van der Waals surface area contributed by atoms with Gasteiger partial charge in [0.25, 0.3) is 0 Å². The predicted octanol–water partition coefficient (Wildman–Crippen LogP) is 4.98. The van der Waals surface area contributed by atoms with Crippen molar-refractivity contribution in [2.45, 2.75) is 42.0 Å². The summed E-state index contributed by atoms with van der Waals surface area (Å²) in [7, 11) is 0. The average Bonchev–Trinajstić information content (AvgIpc) is 3.24. The molecule has 1 aromatic carbocycles. The molecule has 9 heteroatoms. The maximum Gasteiger partial charge on any atom is 0.416 e. The molecule has 25 heavy (non-hydrogen) atoms. The molecule has 0 spiro atoms. The summed E-state index contributed by atoms with van der Waals surface area (Å²) in [5.74, 6) is 0.545. The molecule has 1 N–H and O–H groups in total. The summed E-state index contributed by atoms with van der Waals surface area (Å²) in [6, 6.07) is 5.06. The Morgan fingerprint density at radius 1 is 1.20 bits per heavy atom. The van der Waals surface area contributed by atoms with E-state index in [1.807, 2.05) is 0 Å². The molecule has 1 heterocycles. The van der Waals surface area contributed by atoms with Crippen LogP contribution in [0.2, 0.25) is 0 Å². The van der Waals surface area contributed by atoms with E-state index < -0.39 is 11.7 Å². The normalized spacial score (nSPS) is 15.5. The first-order chi connectivity index (χ1) is 11.9. The number of alkyl halides is 3. The fourth-order valence-electron chi connectivity index (χ4n) is 2.65. The van der Waals surface area contributed by atoms with Gasteiger partial charge in [0.15, 0.2) is 4.34 Å². The number of hydrogen-bond donors (Lipinski definition) is 1. The van der Waals surface area contributed by atoms with E-state index in [1.165, 1.54) is 35.2 Å². The summed E-state index contributed by atoms with van der Waals surface area (Å²) in [5.41, 5.74) is 0.110. The van der Waals surface area contributed by atoms with Gasteiger partial charge in [0.2, 0.25) is 11.0 Å². The van der Waals surface area contributed by atoms with Crippen LogP contribution in [-0.4, -0.2) is 16.1 Å². The monoisotopic (exact) mass is 387 g/mol. The molecule has 1 aliphatic rings. The molecule has 1 aromatic heterocycles. The first-order valence-corrected chi connectivity index (χ1v) is 9.65. The number of hydrogen-bond acceptors (Lipinski definition) is 5. The molecule has 3 rings (SSSR count). The Hall–Kier alpha value is -1.61. The van der Waals surface area contributed by atoms with Gasteiger partial charge in [0.05, 0.1) is 5.56 Å². The average molecular weight is 387 g/mol. The van der Waals surface area contributed by atoms with Gasteiger partial charge in [-0.1, -0.05) is 48.1 Å². The molecule has 0 unspecified atom stereocenters.